The number of carboxylic acids is 1. The van der Waals surface area contributed by atoms with Crippen LogP contribution in [0.4, 0.5) is 23.0 Å². The lowest BCUT2D eigenvalue weighted by atomic mass is 10.1. The van der Waals surface area contributed by atoms with Gasteiger partial charge in [-0.2, -0.15) is 0 Å². The van der Waals surface area contributed by atoms with Gasteiger partial charge < -0.3 is 25.0 Å². The number of anilines is 4. The Morgan fingerprint density at radius 1 is 1.26 bits per heavy atom. The molecule has 0 fully saturated rings. The van der Waals surface area contributed by atoms with Crippen LogP contribution in [0, 0.1) is 0 Å². The number of ether oxygens (including phenoxy) is 1. The third-order valence-corrected chi connectivity index (χ3v) is 4.58. The van der Waals surface area contributed by atoms with Crippen molar-refractivity contribution < 1.29 is 19.4 Å². The van der Waals surface area contributed by atoms with E-state index in [1.807, 2.05) is 17.9 Å². The van der Waals surface area contributed by atoms with Gasteiger partial charge in [0.2, 0.25) is 5.91 Å². The summed E-state index contributed by atoms with van der Waals surface area (Å²) in [5.74, 6) is 0.345. The predicted molar refractivity (Wildman–Crippen MR) is 103 cm³/mol. The smallest absolute Gasteiger partial charge is 0.335 e. The molecule has 1 aliphatic heterocycles. The number of fused-ring (bicyclic) bond motifs is 1. The number of hydrogen-bond acceptors (Lipinski definition) is 6. The highest BCUT2D eigenvalue weighted by molar-refractivity contribution is 6.04. The van der Waals surface area contributed by atoms with E-state index < -0.39 is 5.97 Å². The second-order valence-corrected chi connectivity index (χ2v) is 6.31. The van der Waals surface area contributed by atoms with E-state index >= 15 is 0 Å². The maximum absolute atomic E-state index is 12.5. The number of hydrogen-bond donors (Lipinski definition) is 2. The average molecular weight is 370 g/mol. The average Bonchev–Trinajstić information content (AvgIpc) is 2.66. The second-order valence-electron chi connectivity index (χ2n) is 6.31. The lowest BCUT2D eigenvalue weighted by Gasteiger charge is -2.39. The highest BCUT2D eigenvalue weighted by Gasteiger charge is 2.34. The summed E-state index contributed by atoms with van der Waals surface area (Å²) < 4.78 is 5.17. The predicted octanol–water partition coefficient (Wildman–Crippen LogP) is 2.34. The van der Waals surface area contributed by atoms with Crippen LogP contribution in [0.1, 0.15) is 17.3 Å². The quantitative estimate of drug-likeness (QED) is 0.806. The van der Waals surface area contributed by atoms with Gasteiger partial charge in [-0.1, -0.05) is 0 Å². The number of aromatic nitrogens is 1. The molecule has 1 aliphatic rings. The fourth-order valence-corrected chi connectivity index (χ4v) is 3.03. The lowest BCUT2D eigenvalue weighted by Crippen LogP contribution is -2.52. The summed E-state index contributed by atoms with van der Waals surface area (Å²) in [6, 6.07) is 9.73. The molecule has 2 heterocycles. The fourth-order valence-electron chi connectivity index (χ4n) is 3.03. The first-order valence-corrected chi connectivity index (χ1v) is 8.57. The van der Waals surface area contributed by atoms with Crippen LogP contribution in [0.2, 0.25) is 0 Å². The molecule has 8 heteroatoms. The zero-order chi connectivity index (χ0) is 19.6. The minimum atomic E-state index is -0.969. The Balaban J connectivity index is 1.90. The van der Waals surface area contributed by atoms with Crippen molar-refractivity contribution in [2.24, 2.45) is 0 Å². The molecule has 0 saturated carbocycles. The number of methoxy groups -OCH3 is 1. The molecule has 142 valence electrons. The fraction of sp³-hybridized carbons (Fsp3) is 0.316. The normalized spacial score (nSPS) is 16.3. The molecule has 0 spiro atoms. The number of carbonyl (C=O) groups is 2. The molecule has 27 heavy (non-hydrogen) atoms. The highest BCUT2D eigenvalue weighted by Crippen LogP contribution is 2.35. The molecule has 0 radical (unpaired) electrons. The van der Waals surface area contributed by atoms with Crippen LogP contribution in [0.25, 0.3) is 0 Å². The summed E-state index contributed by atoms with van der Waals surface area (Å²) in [4.78, 5) is 31.7. The maximum Gasteiger partial charge on any atom is 0.335 e. The van der Waals surface area contributed by atoms with Gasteiger partial charge >= 0.3 is 5.97 Å². The van der Waals surface area contributed by atoms with Gasteiger partial charge in [-0.05, 0) is 43.3 Å². The van der Waals surface area contributed by atoms with E-state index in [2.05, 4.69) is 10.3 Å². The summed E-state index contributed by atoms with van der Waals surface area (Å²) in [5.41, 5.74) is 1.68. The SMILES string of the molecule is COCCN1c2nc(Nc3ccc(C(=O)O)cc3)ccc2N(C)C(=O)C1C. The number of pyridine rings is 1. The standard InChI is InChI=1S/C19H22N4O4/c1-12-18(24)22(2)15-8-9-16(21-17(15)23(12)10-11-27-3)20-14-6-4-13(5-7-14)19(25)26/h4-9,12H,10-11H2,1-3H3,(H,20,21)(H,25,26). The third kappa shape index (κ3) is 3.70. The van der Waals surface area contributed by atoms with Crippen molar-refractivity contribution in [3.05, 3.63) is 42.0 Å². The van der Waals surface area contributed by atoms with Crippen molar-refractivity contribution >= 4 is 34.9 Å². The van der Waals surface area contributed by atoms with Gasteiger partial charge in [0.05, 0.1) is 17.9 Å². The van der Waals surface area contributed by atoms with Crippen LogP contribution in [0.3, 0.4) is 0 Å². The van der Waals surface area contributed by atoms with Crippen LogP contribution in [0.5, 0.6) is 0 Å². The summed E-state index contributed by atoms with van der Waals surface area (Å²) in [6.45, 7) is 2.88. The highest BCUT2D eigenvalue weighted by atomic mass is 16.5. The monoisotopic (exact) mass is 370 g/mol. The summed E-state index contributed by atoms with van der Waals surface area (Å²) in [7, 11) is 3.36. The lowest BCUT2D eigenvalue weighted by molar-refractivity contribution is -0.119. The van der Waals surface area contributed by atoms with Crippen LogP contribution < -0.4 is 15.1 Å². The molecule has 2 N–H and O–H groups in total. The van der Waals surface area contributed by atoms with Crippen LogP contribution in [0.15, 0.2) is 36.4 Å². The van der Waals surface area contributed by atoms with Crippen LogP contribution in [-0.2, 0) is 9.53 Å². The summed E-state index contributed by atoms with van der Waals surface area (Å²) in [6.07, 6.45) is 0. The number of amides is 1. The molecule has 0 bridgehead atoms. The van der Waals surface area contributed by atoms with E-state index in [4.69, 9.17) is 9.84 Å². The largest absolute Gasteiger partial charge is 0.478 e. The van der Waals surface area contributed by atoms with E-state index in [1.54, 1.807) is 37.3 Å². The zero-order valence-corrected chi connectivity index (χ0v) is 15.5. The number of nitrogens with zero attached hydrogens (tertiary/aromatic N) is 3. The Morgan fingerprint density at radius 3 is 2.59 bits per heavy atom. The molecule has 0 saturated heterocycles. The van der Waals surface area contributed by atoms with E-state index in [-0.39, 0.29) is 17.5 Å². The summed E-state index contributed by atoms with van der Waals surface area (Å²) in [5, 5.41) is 12.2. The van der Waals surface area contributed by atoms with Crippen molar-refractivity contribution in [1.82, 2.24) is 4.98 Å². The van der Waals surface area contributed by atoms with E-state index in [9.17, 15) is 9.59 Å². The second kappa shape index (κ2) is 7.63. The molecule has 8 nitrogen and oxygen atoms in total. The minimum absolute atomic E-state index is 0.00497. The van der Waals surface area contributed by atoms with Gasteiger partial charge in [0, 0.05) is 26.4 Å². The molecule has 1 aromatic heterocycles. The van der Waals surface area contributed by atoms with Crippen LogP contribution in [-0.4, -0.2) is 55.3 Å². The topological polar surface area (TPSA) is 95.0 Å². The number of carbonyl (C=O) groups excluding carboxylic acids is 1. The van der Waals surface area contributed by atoms with Gasteiger partial charge in [0.25, 0.3) is 0 Å². The van der Waals surface area contributed by atoms with Crippen molar-refractivity contribution in [3.63, 3.8) is 0 Å². The molecule has 1 aromatic carbocycles. The Hall–Kier alpha value is -3.13. The first-order chi connectivity index (χ1) is 12.9. The van der Waals surface area contributed by atoms with Crippen molar-refractivity contribution in [2.45, 2.75) is 13.0 Å². The van der Waals surface area contributed by atoms with Crippen molar-refractivity contribution in [2.75, 3.05) is 42.4 Å². The molecule has 1 unspecified atom stereocenters. The Kier molecular flexibility index (Phi) is 5.27. The van der Waals surface area contributed by atoms with Gasteiger partial charge in [0.1, 0.15) is 11.9 Å². The molecule has 2 aromatic rings. The Bertz CT molecular complexity index is 853. The molecular formula is C19H22N4O4. The molecule has 0 aliphatic carbocycles. The number of nitrogens with one attached hydrogen (secondary N) is 1. The van der Waals surface area contributed by atoms with E-state index in [0.29, 0.717) is 24.8 Å². The Labute approximate surface area is 157 Å². The van der Waals surface area contributed by atoms with Gasteiger partial charge in [0.15, 0.2) is 5.82 Å². The van der Waals surface area contributed by atoms with Gasteiger partial charge in [-0.25, -0.2) is 9.78 Å². The summed E-state index contributed by atoms with van der Waals surface area (Å²) >= 11 is 0. The molecule has 3 rings (SSSR count). The number of aromatic carboxylic acids is 1. The number of rotatable bonds is 6. The van der Waals surface area contributed by atoms with Gasteiger partial charge in [-0.15, -0.1) is 0 Å². The number of carboxylic acid groups (broad SMARTS) is 1. The minimum Gasteiger partial charge on any atom is -0.478 e. The number of benzene rings is 1. The van der Waals surface area contributed by atoms with E-state index in [1.165, 1.54) is 12.1 Å². The maximum atomic E-state index is 12.5. The van der Waals surface area contributed by atoms with Crippen molar-refractivity contribution in [1.29, 1.82) is 0 Å². The molecule has 1 amide bonds. The van der Waals surface area contributed by atoms with Crippen LogP contribution >= 0.6 is 0 Å². The molecule has 1 atom stereocenters. The Morgan fingerprint density at radius 2 is 1.96 bits per heavy atom. The number of likely N-dealkylation sites (N-methyl/N-ethyl adjacent to an activating group) is 1. The molecular weight excluding hydrogens is 348 g/mol. The first-order valence-electron chi connectivity index (χ1n) is 8.57. The van der Waals surface area contributed by atoms with Crippen molar-refractivity contribution in [3.8, 4) is 0 Å². The van der Waals surface area contributed by atoms with Gasteiger partial charge in [-0.3, -0.25) is 4.79 Å². The van der Waals surface area contributed by atoms with E-state index in [0.717, 1.165) is 11.4 Å². The third-order valence-electron chi connectivity index (χ3n) is 4.58. The zero-order valence-electron chi connectivity index (χ0n) is 15.5. The first kappa shape index (κ1) is 18.7.